The summed E-state index contributed by atoms with van der Waals surface area (Å²) < 4.78 is 38.6. The standard InChI is InChI=1S/C28H39N3O6S/c1-5-29-14-16-30(17-15-29)25-11-8-9-22-23(25)20-31(28(22)32)24(10-6-7-18-37-38(4,33)34)21-12-13-26(35-2)27(19-21)36-3/h8-9,11-13,19,24H,5-7,10,14-18,20H2,1-4H3/t24-/m1/s1. The monoisotopic (exact) mass is 545 g/mol. The van der Waals surface area contributed by atoms with Crippen molar-refractivity contribution < 1.29 is 26.9 Å². The molecule has 1 saturated heterocycles. The van der Waals surface area contributed by atoms with Crippen molar-refractivity contribution in [1.29, 1.82) is 0 Å². The highest BCUT2D eigenvalue weighted by Crippen LogP contribution is 2.40. The minimum atomic E-state index is -3.48. The Balaban J connectivity index is 1.59. The van der Waals surface area contributed by atoms with Gasteiger partial charge in [0, 0.05) is 49.5 Å². The van der Waals surface area contributed by atoms with Gasteiger partial charge in [-0.25, -0.2) is 0 Å². The molecule has 2 aromatic carbocycles. The maximum Gasteiger partial charge on any atom is 0.264 e. The van der Waals surface area contributed by atoms with Gasteiger partial charge in [0.05, 0.1) is 33.1 Å². The Bertz CT molecular complexity index is 1230. The summed E-state index contributed by atoms with van der Waals surface area (Å²) in [6.07, 6.45) is 2.98. The molecule has 38 heavy (non-hydrogen) atoms. The van der Waals surface area contributed by atoms with Crippen molar-refractivity contribution in [3.63, 3.8) is 0 Å². The van der Waals surface area contributed by atoms with E-state index >= 15 is 0 Å². The summed E-state index contributed by atoms with van der Waals surface area (Å²) in [6, 6.07) is 11.6. The topological polar surface area (TPSA) is 88.6 Å². The number of anilines is 1. The van der Waals surface area contributed by atoms with Gasteiger partial charge in [0.1, 0.15) is 0 Å². The summed E-state index contributed by atoms with van der Waals surface area (Å²) in [5.74, 6) is 1.25. The second-order valence-corrected chi connectivity index (χ2v) is 11.5. The summed E-state index contributed by atoms with van der Waals surface area (Å²) >= 11 is 0. The molecule has 0 N–H and O–H groups in total. The van der Waals surface area contributed by atoms with E-state index in [1.54, 1.807) is 14.2 Å². The zero-order chi connectivity index (χ0) is 27.3. The molecule has 10 heteroatoms. The number of carbonyl (C=O) groups is 1. The van der Waals surface area contributed by atoms with Gasteiger partial charge in [0.15, 0.2) is 11.5 Å². The number of piperazine rings is 1. The Morgan fingerprint density at radius 3 is 2.37 bits per heavy atom. The van der Waals surface area contributed by atoms with Crippen molar-refractivity contribution >= 4 is 21.7 Å². The van der Waals surface area contributed by atoms with Crippen LogP contribution in [0.1, 0.15) is 53.7 Å². The summed E-state index contributed by atoms with van der Waals surface area (Å²) in [5, 5.41) is 0. The minimum Gasteiger partial charge on any atom is -0.493 e. The molecule has 0 saturated carbocycles. The van der Waals surface area contributed by atoms with Gasteiger partial charge in [-0.2, -0.15) is 8.42 Å². The van der Waals surface area contributed by atoms with Crippen molar-refractivity contribution in [2.45, 2.75) is 38.8 Å². The number of fused-ring (bicyclic) bond motifs is 1. The first-order valence-electron chi connectivity index (χ1n) is 13.2. The van der Waals surface area contributed by atoms with E-state index in [0.29, 0.717) is 37.3 Å². The van der Waals surface area contributed by atoms with E-state index in [2.05, 4.69) is 22.8 Å². The van der Waals surface area contributed by atoms with Gasteiger partial charge in [-0.1, -0.05) is 19.1 Å². The van der Waals surface area contributed by atoms with E-state index in [4.69, 9.17) is 13.7 Å². The fraction of sp³-hybridized carbons (Fsp3) is 0.536. The van der Waals surface area contributed by atoms with Gasteiger partial charge in [0.25, 0.3) is 16.0 Å². The summed E-state index contributed by atoms with van der Waals surface area (Å²) in [6.45, 7) is 7.80. The predicted octanol–water partition coefficient (Wildman–Crippen LogP) is 3.69. The number of rotatable bonds is 12. The molecule has 9 nitrogen and oxygen atoms in total. The van der Waals surface area contributed by atoms with Crippen LogP contribution in [0.25, 0.3) is 0 Å². The Morgan fingerprint density at radius 1 is 0.974 bits per heavy atom. The van der Waals surface area contributed by atoms with Crippen LogP contribution >= 0.6 is 0 Å². The number of unbranched alkanes of at least 4 members (excludes halogenated alkanes) is 1. The molecule has 2 aliphatic rings. The number of hydrogen-bond acceptors (Lipinski definition) is 8. The lowest BCUT2D eigenvalue weighted by Gasteiger charge is -2.36. The molecule has 1 amide bonds. The fourth-order valence-corrected chi connectivity index (χ4v) is 5.82. The molecule has 2 aliphatic heterocycles. The number of likely N-dealkylation sites (N-methyl/N-ethyl adjacent to an activating group) is 1. The Kier molecular flexibility index (Phi) is 9.17. The number of amides is 1. The average molecular weight is 546 g/mol. The Morgan fingerprint density at radius 2 is 1.71 bits per heavy atom. The van der Waals surface area contributed by atoms with E-state index in [1.807, 2.05) is 35.2 Å². The number of nitrogens with zero attached hydrogens (tertiary/aromatic N) is 3. The molecule has 2 aromatic rings. The average Bonchev–Trinajstić information content (AvgIpc) is 3.25. The van der Waals surface area contributed by atoms with E-state index < -0.39 is 10.1 Å². The fourth-order valence-electron chi connectivity index (χ4n) is 5.40. The van der Waals surface area contributed by atoms with Crippen molar-refractivity contribution in [2.75, 3.05) is 64.7 Å². The molecule has 0 aromatic heterocycles. The van der Waals surface area contributed by atoms with Crippen LogP contribution in [0.5, 0.6) is 11.5 Å². The molecule has 2 heterocycles. The van der Waals surface area contributed by atoms with Crippen molar-refractivity contribution in [2.24, 2.45) is 0 Å². The molecule has 0 unspecified atom stereocenters. The first-order valence-corrected chi connectivity index (χ1v) is 15.0. The highest BCUT2D eigenvalue weighted by molar-refractivity contribution is 7.85. The largest absolute Gasteiger partial charge is 0.493 e. The first-order chi connectivity index (χ1) is 18.3. The van der Waals surface area contributed by atoms with Crippen LogP contribution < -0.4 is 14.4 Å². The lowest BCUT2D eigenvalue weighted by Crippen LogP contribution is -2.46. The molecule has 0 bridgehead atoms. The Labute approximate surface area is 226 Å². The first kappa shape index (κ1) is 28.2. The third kappa shape index (κ3) is 6.42. The van der Waals surface area contributed by atoms with Gasteiger partial charge in [-0.15, -0.1) is 0 Å². The molecule has 1 atom stereocenters. The predicted molar refractivity (Wildman–Crippen MR) is 148 cm³/mol. The number of carbonyl (C=O) groups excluding carboxylic acids is 1. The maximum atomic E-state index is 13.8. The van der Waals surface area contributed by atoms with Crippen LogP contribution in [0.4, 0.5) is 5.69 Å². The van der Waals surface area contributed by atoms with Gasteiger partial charge in [0.2, 0.25) is 0 Å². The summed E-state index contributed by atoms with van der Waals surface area (Å²) in [7, 11) is -0.284. The quantitative estimate of drug-likeness (QED) is 0.295. The summed E-state index contributed by atoms with van der Waals surface area (Å²) in [4.78, 5) is 20.6. The third-order valence-electron chi connectivity index (χ3n) is 7.47. The number of hydrogen-bond donors (Lipinski definition) is 0. The molecule has 0 aliphatic carbocycles. The van der Waals surface area contributed by atoms with Crippen molar-refractivity contribution in [3.05, 3.63) is 53.1 Å². The SMILES string of the molecule is CCN1CCN(c2cccc3c2CN([C@H](CCCCOS(C)(=O)=O)c2ccc(OC)c(OC)c2)C3=O)CC1. The molecule has 0 radical (unpaired) electrons. The lowest BCUT2D eigenvalue weighted by molar-refractivity contribution is 0.0687. The summed E-state index contributed by atoms with van der Waals surface area (Å²) in [5.41, 5.74) is 3.92. The molecule has 4 rings (SSSR count). The molecular formula is C28H39N3O6S. The van der Waals surface area contributed by atoms with Crippen LogP contribution in [0.15, 0.2) is 36.4 Å². The minimum absolute atomic E-state index is 0.0150. The zero-order valence-corrected chi connectivity index (χ0v) is 23.6. The van der Waals surface area contributed by atoms with Gasteiger partial charge in [-0.05, 0) is 55.6 Å². The number of methoxy groups -OCH3 is 2. The van der Waals surface area contributed by atoms with Gasteiger partial charge >= 0.3 is 0 Å². The number of ether oxygens (including phenoxy) is 2. The third-order valence-corrected chi connectivity index (χ3v) is 8.06. The Hall–Kier alpha value is -2.82. The highest BCUT2D eigenvalue weighted by Gasteiger charge is 2.36. The van der Waals surface area contributed by atoms with Crippen LogP contribution in [0.2, 0.25) is 0 Å². The van der Waals surface area contributed by atoms with Crippen LogP contribution in [0.3, 0.4) is 0 Å². The maximum absolute atomic E-state index is 13.8. The number of benzene rings is 2. The molecular weight excluding hydrogens is 506 g/mol. The van der Waals surface area contributed by atoms with E-state index in [9.17, 15) is 13.2 Å². The molecule has 0 spiro atoms. The molecule has 1 fully saturated rings. The smallest absolute Gasteiger partial charge is 0.264 e. The van der Waals surface area contributed by atoms with E-state index in [-0.39, 0.29) is 18.6 Å². The molecule has 208 valence electrons. The highest BCUT2D eigenvalue weighted by atomic mass is 32.2. The van der Waals surface area contributed by atoms with E-state index in [1.165, 1.54) is 0 Å². The lowest BCUT2D eigenvalue weighted by atomic mass is 9.98. The van der Waals surface area contributed by atoms with Crippen LogP contribution in [-0.2, 0) is 20.8 Å². The van der Waals surface area contributed by atoms with Crippen molar-refractivity contribution in [1.82, 2.24) is 9.80 Å². The van der Waals surface area contributed by atoms with Gasteiger partial charge < -0.3 is 24.2 Å². The normalized spacial score (nSPS) is 17.0. The second kappa shape index (κ2) is 12.4. The van der Waals surface area contributed by atoms with Gasteiger partial charge in [-0.3, -0.25) is 8.98 Å². The van der Waals surface area contributed by atoms with Crippen molar-refractivity contribution in [3.8, 4) is 11.5 Å². The van der Waals surface area contributed by atoms with E-state index in [0.717, 1.165) is 61.4 Å². The van der Waals surface area contributed by atoms with Crippen LogP contribution in [0, 0.1) is 0 Å². The van der Waals surface area contributed by atoms with Crippen LogP contribution in [-0.4, -0.2) is 83.9 Å². The zero-order valence-electron chi connectivity index (χ0n) is 22.8. The second-order valence-electron chi connectivity index (χ2n) is 9.81.